The first-order chi connectivity index (χ1) is 8.89. The molecule has 1 unspecified atom stereocenters. The summed E-state index contributed by atoms with van der Waals surface area (Å²) in [4.78, 5) is 0. The minimum absolute atomic E-state index is 0.148. The molecule has 0 aromatic carbocycles. The molecule has 2 N–H and O–H groups in total. The van der Waals surface area contributed by atoms with Gasteiger partial charge in [0.2, 0.25) is 10.0 Å². The van der Waals surface area contributed by atoms with Gasteiger partial charge in [0.1, 0.15) is 5.76 Å². The van der Waals surface area contributed by atoms with Crippen molar-refractivity contribution in [1.82, 2.24) is 10.0 Å². The van der Waals surface area contributed by atoms with Gasteiger partial charge in [-0.1, -0.05) is 13.8 Å². The summed E-state index contributed by atoms with van der Waals surface area (Å²) < 4.78 is 31.6. The van der Waals surface area contributed by atoms with Gasteiger partial charge in [-0.3, -0.25) is 0 Å². The Morgan fingerprint density at radius 1 is 1.32 bits per heavy atom. The zero-order chi connectivity index (χ0) is 14.3. The Morgan fingerprint density at radius 3 is 2.63 bits per heavy atom. The van der Waals surface area contributed by atoms with Crippen molar-refractivity contribution in [2.45, 2.75) is 45.7 Å². The lowest BCUT2D eigenvalue weighted by molar-refractivity contribution is 0.478. The van der Waals surface area contributed by atoms with Crippen molar-refractivity contribution in [2.24, 2.45) is 0 Å². The molecule has 0 aliphatic heterocycles. The predicted molar refractivity (Wildman–Crippen MR) is 76.6 cm³/mol. The van der Waals surface area contributed by atoms with Gasteiger partial charge in [0.15, 0.2) is 0 Å². The van der Waals surface area contributed by atoms with E-state index in [1.165, 1.54) is 0 Å². The molecule has 0 aliphatic carbocycles. The molecule has 0 saturated carbocycles. The first-order valence-corrected chi connectivity index (χ1v) is 8.30. The molecule has 1 rings (SSSR count). The van der Waals surface area contributed by atoms with E-state index in [4.69, 9.17) is 4.42 Å². The average Bonchev–Trinajstić information content (AvgIpc) is 2.76. The van der Waals surface area contributed by atoms with Crippen molar-refractivity contribution in [2.75, 3.05) is 12.3 Å². The van der Waals surface area contributed by atoms with Crippen LogP contribution < -0.4 is 10.0 Å². The van der Waals surface area contributed by atoms with Crippen LogP contribution >= 0.6 is 0 Å². The van der Waals surface area contributed by atoms with Gasteiger partial charge in [-0.15, -0.1) is 0 Å². The molecule has 19 heavy (non-hydrogen) atoms. The Bertz CT molecular complexity index is 440. The molecule has 1 aromatic rings. The van der Waals surface area contributed by atoms with Gasteiger partial charge in [0.25, 0.3) is 0 Å². The number of hydrogen-bond donors (Lipinski definition) is 2. The summed E-state index contributed by atoms with van der Waals surface area (Å²) in [5, 5.41) is 3.20. The molecule has 0 amide bonds. The van der Waals surface area contributed by atoms with Gasteiger partial charge in [0.05, 0.1) is 12.0 Å². The Balaban J connectivity index is 2.29. The van der Waals surface area contributed by atoms with Gasteiger partial charge in [-0.25, -0.2) is 13.1 Å². The van der Waals surface area contributed by atoms with Gasteiger partial charge in [-0.2, -0.15) is 0 Å². The first-order valence-electron chi connectivity index (χ1n) is 6.65. The molecule has 0 saturated heterocycles. The van der Waals surface area contributed by atoms with Crippen LogP contribution in [0, 0.1) is 0 Å². The molecule has 6 heteroatoms. The molecule has 0 bridgehead atoms. The van der Waals surface area contributed by atoms with Crippen molar-refractivity contribution in [3.8, 4) is 0 Å². The van der Waals surface area contributed by atoms with Crippen molar-refractivity contribution in [3.05, 3.63) is 24.2 Å². The minimum atomic E-state index is -3.21. The summed E-state index contributed by atoms with van der Waals surface area (Å²) in [6, 6.07) is 3.87. The van der Waals surface area contributed by atoms with Crippen LogP contribution in [-0.2, 0) is 16.4 Å². The number of furan rings is 1. The zero-order valence-electron chi connectivity index (χ0n) is 11.8. The summed E-state index contributed by atoms with van der Waals surface area (Å²) in [6.07, 6.45) is 2.77. The molecule has 5 nitrogen and oxygen atoms in total. The van der Waals surface area contributed by atoms with Crippen molar-refractivity contribution >= 4 is 10.0 Å². The van der Waals surface area contributed by atoms with Crippen LogP contribution in [0.5, 0.6) is 0 Å². The third-order valence-corrected chi connectivity index (χ3v) is 4.20. The van der Waals surface area contributed by atoms with Gasteiger partial charge in [0, 0.05) is 18.5 Å². The van der Waals surface area contributed by atoms with Crippen molar-refractivity contribution in [1.29, 1.82) is 0 Å². The molecule has 1 heterocycles. The van der Waals surface area contributed by atoms with Crippen LogP contribution in [0.2, 0.25) is 0 Å². The summed E-state index contributed by atoms with van der Waals surface area (Å²) in [7, 11) is -3.21. The highest BCUT2D eigenvalue weighted by atomic mass is 32.2. The molecule has 110 valence electrons. The monoisotopic (exact) mass is 288 g/mol. The smallest absolute Gasteiger partial charge is 0.211 e. The Hall–Kier alpha value is -0.850. The molecular weight excluding hydrogens is 264 g/mol. The first kappa shape index (κ1) is 16.2. The summed E-state index contributed by atoms with van der Waals surface area (Å²) >= 11 is 0. The minimum Gasteiger partial charge on any atom is -0.469 e. The lowest BCUT2D eigenvalue weighted by Crippen LogP contribution is -2.36. The number of hydrogen-bond acceptors (Lipinski definition) is 4. The molecule has 0 fully saturated rings. The Labute approximate surface area is 115 Å². The fraction of sp³-hybridized carbons (Fsp3) is 0.692. The van der Waals surface area contributed by atoms with Crippen LogP contribution in [0.1, 0.15) is 33.0 Å². The fourth-order valence-corrected chi connectivity index (χ4v) is 3.13. The summed E-state index contributed by atoms with van der Waals surface area (Å²) in [5.41, 5.74) is 0. The summed E-state index contributed by atoms with van der Waals surface area (Å²) in [6.45, 7) is 6.63. The van der Waals surface area contributed by atoms with E-state index >= 15 is 0 Å². The van der Waals surface area contributed by atoms with Crippen LogP contribution in [0.25, 0.3) is 0 Å². The molecular formula is C13H24N2O3S. The van der Waals surface area contributed by atoms with Crippen LogP contribution in [0.3, 0.4) is 0 Å². The number of sulfonamides is 1. The second-order valence-corrected chi connectivity index (χ2v) is 6.96. The van der Waals surface area contributed by atoms with Crippen LogP contribution in [-0.4, -0.2) is 32.8 Å². The van der Waals surface area contributed by atoms with E-state index in [-0.39, 0.29) is 11.8 Å². The normalized spacial score (nSPS) is 13.9. The molecule has 1 aromatic heterocycles. The maximum Gasteiger partial charge on any atom is 0.211 e. The van der Waals surface area contributed by atoms with Gasteiger partial charge < -0.3 is 9.73 Å². The Kier molecular flexibility index (Phi) is 6.54. The van der Waals surface area contributed by atoms with Crippen LogP contribution in [0.4, 0.5) is 0 Å². The van der Waals surface area contributed by atoms with E-state index in [0.29, 0.717) is 25.4 Å². The third kappa shape index (κ3) is 7.34. The summed E-state index contributed by atoms with van der Waals surface area (Å²) in [5.74, 6) is 0.937. The van der Waals surface area contributed by atoms with E-state index in [2.05, 4.69) is 10.0 Å². The second kappa shape index (κ2) is 7.67. The van der Waals surface area contributed by atoms with E-state index in [1.54, 1.807) is 12.3 Å². The standard InChI is InChI=1S/C13H24N2O3S/c1-11(2)14-7-5-9-19(16,17)15-12(3)10-13-6-4-8-18-13/h4,6,8,11-12,14-15H,5,7,9-10H2,1-3H3. The van der Waals surface area contributed by atoms with Gasteiger partial charge in [-0.05, 0) is 32.0 Å². The van der Waals surface area contributed by atoms with Crippen molar-refractivity contribution < 1.29 is 12.8 Å². The lowest BCUT2D eigenvalue weighted by Gasteiger charge is -2.13. The maximum absolute atomic E-state index is 11.8. The highest BCUT2D eigenvalue weighted by molar-refractivity contribution is 7.89. The lowest BCUT2D eigenvalue weighted by atomic mass is 10.2. The molecule has 1 atom stereocenters. The molecule has 0 aliphatic rings. The second-order valence-electron chi connectivity index (χ2n) is 5.08. The average molecular weight is 288 g/mol. The largest absolute Gasteiger partial charge is 0.469 e. The topological polar surface area (TPSA) is 71.3 Å². The maximum atomic E-state index is 11.8. The highest BCUT2D eigenvalue weighted by Gasteiger charge is 2.15. The third-order valence-electron chi connectivity index (χ3n) is 2.61. The van der Waals surface area contributed by atoms with Gasteiger partial charge >= 0.3 is 0 Å². The van der Waals surface area contributed by atoms with Crippen molar-refractivity contribution in [3.63, 3.8) is 0 Å². The van der Waals surface area contributed by atoms with E-state index < -0.39 is 10.0 Å². The van der Waals surface area contributed by atoms with Crippen LogP contribution in [0.15, 0.2) is 22.8 Å². The number of rotatable bonds is 9. The zero-order valence-corrected chi connectivity index (χ0v) is 12.7. The molecule has 0 spiro atoms. The van der Waals surface area contributed by atoms with E-state index in [1.807, 2.05) is 26.8 Å². The van der Waals surface area contributed by atoms with E-state index in [9.17, 15) is 8.42 Å². The Morgan fingerprint density at radius 2 is 2.05 bits per heavy atom. The predicted octanol–water partition coefficient (Wildman–Crippen LogP) is 1.52. The highest BCUT2D eigenvalue weighted by Crippen LogP contribution is 2.05. The molecule has 0 radical (unpaired) electrons. The van der Waals surface area contributed by atoms with E-state index in [0.717, 1.165) is 5.76 Å². The fourth-order valence-electron chi connectivity index (χ4n) is 1.79. The SMILES string of the molecule is CC(C)NCCCS(=O)(=O)NC(C)Cc1ccco1. The number of nitrogens with one attached hydrogen (secondary N) is 2. The quantitative estimate of drug-likeness (QED) is 0.676.